The van der Waals surface area contributed by atoms with Gasteiger partial charge in [-0.25, -0.2) is 4.39 Å². The average molecular weight is 392 g/mol. The Bertz CT molecular complexity index is 940. The van der Waals surface area contributed by atoms with Crippen LogP contribution in [-0.4, -0.2) is 32.4 Å². The summed E-state index contributed by atoms with van der Waals surface area (Å²) < 4.78 is 21.4. The summed E-state index contributed by atoms with van der Waals surface area (Å²) in [5.41, 5.74) is 1.31. The lowest BCUT2D eigenvalue weighted by Crippen LogP contribution is -2.79. The summed E-state index contributed by atoms with van der Waals surface area (Å²) in [4.78, 5) is 12.7. The number of benzene rings is 1. The fourth-order valence-electron chi connectivity index (χ4n) is 4.72. The standard InChI is InChI=1S/C19H19ClFN3O3/c1-10-5-22-24(6-10)19-7-18(8-19,9-19)23-17(26)16-4-14(25)11-2-12(20)13(21)3-15(11)27-16/h2-3,5-6,14,16,25H,4,7-9H2,1H3,(H,23,26)/t14-,16+,18?,19?/m1/s1. The highest BCUT2D eigenvalue weighted by molar-refractivity contribution is 6.30. The molecule has 2 bridgehead atoms. The van der Waals surface area contributed by atoms with E-state index >= 15 is 0 Å². The molecule has 3 saturated carbocycles. The Morgan fingerprint density at radius 2 is 2.19 bits per heavy atom. The quantitative estimate of drug-likeness (QED) is 0.843. The molecule has 2 aromatic rings. The van der Waals surface area contributed by atoms with Gasteiger partial charge in [-0.1, -0.05) is 11.6 Å². The highest BCUT2D eigenvalue weighted by Crippen LogP contribution is 2.65. The highest BCUT2D eigenvalue weighted by Gasteiger charge is 2.70. The summed E-state index contributed by atoms with van der Waals surface area (Å²) in [6.45, 7) is 2.01. The summed E-state index contributed by atoms with van der Waals surface area (Å²) in [5.74, 6) is -0.753. The molecular formula is C19H19ClFN3O3. The van der Waals surface area contributed by atoms with Crippen LogP contribution in [0, 0.1) is 12.7 Å². The number of halogens is 2. The smallest absolute Gasteiger partial charge is 0.261 e. The second-order valence-corrected chi connectivity index (χ2v) is 8.56. The number of aliphatic hydroxyl groups is 1. The summed E-state index contributed by atoms with van der Waals surface area (Å²) in [7, 11) is 0. The Morgan fingerprint density at radius 3 is 2.85 bits per heavy atom. The number of aliphatic hydroxyl groups excluding tert-OH is 1. The minimum atomic E-state index is -0.922. The largest absolute Gasteiger partial charge is 0.480 e. The van der Waals surface area contributed by atoms with Crippen molar-refractivity contribution in [3.05, 3.63) is 46.5 Å². The van der Waals surface area contributed by atoms with Gasteiger partial charge in [0.15, 0.2) is 6.10 Å². The maximum absolute atomic E-state index is 13.7. The molecule has 27 heavy (non-hydrogen) atoms. The van der Waals surface area contributed by atoms with Crippen LogP contribution in [-0.2, 0) is 10.3 Å². The van der Waals surface area contributed by atoms with Gasteiger partial charge in [0.25, 0.3) is 5.91 Å². The number of carbonyl (C=O) groups is 1. The first-order valence-corrected chi connectivity index (χ1v) is 9.35. The van der Waals surface area contributed by atoms with Gasteiger partial charge in [0, 0.05) is 29.8 Å². The maximum Gasteiger partial charge on any atom is 0.261 e. The topological polar surface area (TPSA) is 76.4 Å². The Morgan fingerprint density at radius 1 is 1.44 bits per heavy atom. The van der Waals surface area contributed by atoms with Crippen molar-refractivity contribution in [2.24, 2.45) is 0 Å². The van der Waals surface area contributed by atoms with Crippen molar-refractivity contribution >= 4 is 17.5 Å². The number of carbonyl (C=O) groups excluding carboxylic acids is 1. The summed E-state index contributed by atoms with van der Waals surface area (Å²) in [6, 6.07) is 2.47. The van der Waals surface area contributed by atoms with Crippen molar-refractivity contribution in [2.75, 3.05) is 0 Å². The molecule has 2 heterocycles. The first-order valence-electron chi connectivity index (χ1n) is 8.97. The molecule has 0 spiro atoms. The molecule has 1 amide bonds. The zero-order valence-corrected chi connectivity index (χ0v) is 15.5. The van der Waals surface area contributed by atoms with Crippen LogP contribution < -0.4 is 10.1 Å². The predicted octanol–water partition coefficient (Wildman–Crippen LogP) is 2.62. The third-order valence-electron chi connectivity index (χ3n) is 6.00. The van der Waals surface area contributed by atoms with Crippen LogP contribution in [0.15, 0.2) is 24.5 Å². The number of hydrogen-bond donors (Lipinski definition) is 2. The monoisotopic (exact) mass is 391 g/mol. The van der Waals surface area contributed by atoms with Crippen molar-refractivity contribution in [1.29, 1.82) is 0 Å². The lowest BCUT2D eigenvalue weighted by atomic mass is 9.44. The number of fused-ring (bicyclic) bond motifs is 1. The molecule has 1 aromatic carbocycles. The molecule has 0 saturated heterocycles. The first-order chi connectivity index (χ1) is 12.8. The van der Waals surface area contributed by atoms with Crippen LogP contribution in [0.1, 0.15) is 42.9 Å². The molecule has 8 heteroatoms. The predicted molar refractivity (Wildman–Crippen MR) is 95.1 cm³/mol. The van der Waals surface area contributed by atoms with Crippen LogP contribution in [0.3, 0.4) is 0 Å². The molecule has 0 radical (unpaired) electrons. The van der Waals surface area contributed by atoms with Crippen molar-refractivity contribution in [2.45, 2.75) is 55.9 Å². The summed E-state index contributed by atoms with van der Waals surface area (Å²) >= 11 is 5.77. The van der Waals surface area contributed by atoms with E-state index in [0.717, 1.165) is 30.9 Å². The third-order valence-corrected chi connectivity index (χ3v) is 6.29. The zero-order valence-electron chi connectivity index (χ0n) is 14.7. The minimum Gasteiger partial charge on any atom is -0.480 e. The van der Waals surface area contributed by atoms with Crippen LogP contribution in [0.4, 0.5) is 4.39 Å². The molecule has 6 nitrogen and oxygen atoms in total. The number of nitrogens with zero attached hydrogens (tertiary/aromatic N) is 2. The van der Waals surface area contributed by atoms with Gasteiger partial charge in [0.05, 0.1) is 22.9 Å². The number of rotatable bonds is 3. The number of aryl methyl sites for hydroxylation is 1. The third kappa shape index (κ3) is 2.48. The molecule has 6 rings (SSSR count). The van der Waals surface area contributed by atoms with Gasteiger partial charge in [0.1, 0.15) is 11.6 Å². The molecule has 1 aromatic heterocycles. The molecule has 3 aliphatic carbocycles. The molecule has 3 fully saturated rings. The van der Waals surface area contributed by atoms with E-state index in [2.05, 4.69) is 10.4 Å². The van der Waals surface area contributed by atoms with E-state index in [1.54, 1.807) is 0 Å². The molecule has 1 aliphatic heterocycles. The second-order valence-electron chi connectivity index (χ2n) is 8.15. The number of nitrogens with one attached hydrogen (secondary N) is 1. The van der Waals surface area contributed by atoms with E-state index in [1.807, 2.05) is 24.0 Å². The SMILES string of the molecule is Cc1cnn(C23CC(NC(=O)[C@@H]4C[C@@H](O)c5cc(Cl)c(F)cc5O4)(C2)C3)c1. The van der Waals surface area contributed by atoms with Crippen LogP contribution >= 0.6 is 11.6 Å². The van der Waals surface area contributed by atoms with Gasteiger partial charge >= 0.3 is 0 Å². The fraction of sp³-hybridized carbons (Fsp3) is 0.474. The number of hydrogen-bond acceptors (Lipinski definition) is 4. The van der Waals surface area contributed by atoms with Gasteiger partial charge in [-0.3, -0.25) is 9.48 Å². The molecule has 142 valence electrons. The minimum absolute atomic E-state index is 0.0148. The summed E-state index contributed by atoms with van der Waals surface area (Å²) in [5, 5.41) is 17.7. The van der Waals surface area contributed by atoms with Crippen molar-refractivity contribution in [1.82, 2.24) is 15.1 Å². The fourth-order valence-corrected chi connectivity index (χ4v) is 4.89. The first kappa shape index (κ1) is 17.0. The van der Waals surface area contributed by atoms with E-state index in [1.165, 1.54) is 6.07 Å². The molecular weight excluding hydrogens is 373 g/mol. The molecule has 2 N–H and O–H groups in total. The van der Waals surface area contributed by atoms with Crippen LogP contribution in [0.2, 0.25) is 5.02 Å². The average Bonchev–Trinajstić information content (AvgIpc) is 2.97. The van der Waals surface area contributed by atoms with Crippen molar-refractivity contribution in [3.63, 3.8) is 0 Å². The lowest BCUT2D eigenvalue weighted by Gasteiger charge is -2.70. The van der Waals surface area contributed by atoms with Gasteiger partial charge in [-0.15, -0.1) is 0 Å². The normalized spacial score (nSPS) is 33.3. The van der Waals surface area contributed by atoms with Gasteiger partial charge < -0.3 is 15.2 Å². The van der Waals surface area contributed by atoms with Crippen LogP contribution in [0.5, 0.6) is 5.75 Å². The number of aromatic nitrogens is 2. The molecule has 4 aliphatic rings. The van der Waals surface area contributed by atoms with Gasteiger partial charge in [0.2, 0.25) is 0 Å². The number of ether oxygens (including phenoxy) is 1. The van der Waals surface area contributed by atoms with E-state index in [-0.39, 0.29) is 34.2 Å². The Balaban J connectivity index is 1.26. The Hall–Kier alpha value is -2.12. The van der Waals surface area contributed by atoms with Crippen molar-refractivity contribution < 1.29 is 19.0 Å². The van der Waals surface area contributed by atoms with Crippen LogP contribution in [0.25, 0.3) is 0 Å². The molecule has 2 atom stereocenters. The van der Waals surface area contributed by atoms with Crippen molar-refractivity contribution in [3.8, 4) is 5.75 Å². The highest BCUT2D eigenvalue weighted by atomic mass is 35.5. The lowest BCUT2D eigenvalue weighted by molar-refractivity contribution is -0.165. The number of amides is 1. The van der Waals surface area contributed by atoms with E-state index in [0.29, 0.717) is 5.56 Å². The zero-order chi connectivity index (χ0) is 19.0. The van der Waals surface area contributed by atoms with E-state index in [4.69, 9.17) is 16.3 Å². The van der Waals surface area contributed by atoms with Gasteiger partial charge in [-0.2, -0.15) is 5.10 Å². The van der Waals surface area contributed by atoms with E-state index < -0.39 is 18.0 Å². The van der Waals surface area contributed by atoms with Gasteiger partial charge in [-0.05, 0) is 37.8 Å². The van der Waals surface area contributed by atoms with E-state index in [9.17, 15) is 14.3 Å². The Labute approximate surface area is 160 Å². The Kier molecular flexibility index (Phi) is 3.44. The second kappa shape index (κ2) is 5.45. The maximum atomic E-state index is 13.7. The summed E-state index contributed by atoms with van der Waals surface area (Å²) in [6.07, 6.45) is 4.71. The molecule has 0 unspecified atom stereocenters.